The second-order valence-corrected chi connectivity index (χ2v) is 5.04. The van der Waals surface area contributed by atoms with Crippen molar-refractivity contribution in [2.45, 2.75) is 13.0 Å². The molecule has 0 bridgehead atoms. The molecule has 0 fully saturated rings. The van der Waals surface area contributed by atoms with Gasteiger partial charge in [0.05, 0.1) is 30.0 Å². The van der Waals surface area contributed by atoms with Crippen LogP contribution in [0.15, 0.2) is 48.8 Å². The standard InChI is InChI=1S/C17H16N2O3/c1-22-14-5-2-12(3-6-14)8-9-19-11-18-15-10-13(17(20)21)4-7-16(15)19/h2-7,10-11H,8-9H2,1H3,(H,20,21). The first-order valence-electron chi connectivity index (χ1n) is 6.98. The van der Waals surface area contributed by atoms with E-state index in [-0.39, 0.29) is 5.56 Å². The van der Waals surface area contributed by atoms with Crippen LogP contribution < -0.4 is 4.74 Å². The van der Waals surface area contributed by atoms with E-state index < -0.39 is 5.97 Å². The number of nitrogens with zero attached hydrogens (tertiary/aromatic N) is 2. The number of fused-ring (bicyclic) bond motifs is 1. The molecule has 0 saturated carbocycles. The third-order valence-corrected chi connectivity index (χ3v) is 3.67. The molecule has 5 nitrogen and oxygen atoms in total. The first kappa shape index (κ1) is 14.1. The summed E-state index contributed by atoms with van der Waals surface area (Å²) in [6.07, 6.45) is 2.62. The van der Waals surface area contributed by atoms with Crippen LogP contribution in [-0.4, -0.2) is 27.7 Å². The Morgan fingerprint density at radius 3 is 2.68 bits per heavy atom. The summed E-state index contributed by atoms with van der Waals surface area (Å²) in [5.41, 5.74) is 3.12. The van der Waals surface area contributed by atoms with Gasteiger partial charge in [-0.1, -0.05) is 12.1 Å². The van der Waals surface area contributed by atoms with Gasteiger partial charge in [-0.05, 0) is 42.3 Å². The summed E-state index contributed by atoms with van der Waals surface area (Å²) in [6, 6.07) is 13.0. The lowest BCUT2D eigenvalue weighted by atomic mass is 10.1. The molecule has 0 radical (unpaired) electrons. The maximum atomic E-state index is 11.0. The molecule has 0 saturated heterocycles. The fraction of sp³-hybridized carbons (Fsp3) is 0.176. The molecule has 112 valence electrons. The average Bonchev–Trinajstić information content (AvgIpc) is 2.95. The predicted molar refractivity (Wildman–Crippen MR) is 83.4 cm³/mol. The van der Waals surface area contributed by atoms with Crippen LogP contribution in [0.1, 0.15) is 15.9 Å². The minimum Gasteiger partial charge on any atom is -0.497 e. The Labute approximate surface area is 127 Å². The van der Waals surface area contributed by atoms with Gasteiger partial charge >= 0.3 is 5.97 Å². The van der Waals surface area contributed by atoms with Gasteiger partial charge in [0.1, 0.15) is 5.75 Å². The highest BCUT2D eigenvalue weighted by atomic mass is 16.5. The minimum absolute atomic E-state index is 0.257. The van der Waals surface area contributed by atoms with Gasteiger partial charge in [0.25, 0.3) is 0 Å². The van der Waals surface area contributed by atoms with Crippen molar-refractivity contribution in [1.29, 1.82) is 0 Å². The van der Waals surface area contributed by atoms with Gasteiger partial charge in [0.2, 0.25) is 0 Å². The summed E-state index contributed by atoms with van der Waals surface area (Å²) >= 11 is 0. The number of carbonyl (C=O) groups is 1. The molecule has 3 rings (SSSR count). The van der Waals surface area contributed by atoms with E-state index in [1.54, 1.807) is 31.6 Å². The molecule has 5 heteroatoms. The van der Waals surface area contributed by atoms with Crippen LogP contribution in [0.4, 0.5) is 0 Å². The van der Waals surface area contributed by atoms with Gasteiger partial charge in [0.15, 0.2) is 0 Å². The molecule has 1 aromatic heterocycles. The van der Waals surface area contributed by atoms with E-state index >= 15 is 0 Å². The summed E-state index contributed by atoms with van der Waals surface area (Å²) in [4.78, 5) is 15.3. The Morgan fingerprint density at radius 2 is 2.00 bits per heavy atom. The van der Waals surface area contributed by atoms with Gasteiger partial charge in [-0.25, -0.2) is 9.78 Å². The number of hydrogen-bond donors (Lipinski definition) is 1. The highest BCUT2D eigenvalue weighted by molar-refractivity contribution is 5.92. The topological polar surface area (TPSA) is 64.4 Å². The van der Waals surface area contributed by atoms with Crippen molar-refractivity contribution < 1.29 is 14.6 Å². The van der Waals surface area contributed by atoms with E-state index in [0.29, 0.717) is 5.52 Å². The monoisotopic (exact) mass is 296 g/mol. The maximum absolute atomic E-state index is 11.0. The first-order chi connectivity index (χ1) is 10.7. The Bertz CT molecular complexity index is 806. The number of carboxylic acids is 1. The second kappa shape index (κ2) is 5.89. The smallest absolute Gasteiger partial charge is 0.335 e. The summed E-state index contributed by atoms with van der Waals surface area (Å²) < 4.78 is 7.18. The summed E-state index contributed by atoms with van der Waals surface area (Å²) in [6.45, 7) is 0.787. The molecule has 22 heavy (non-hydrogen) atoms. The van der Waals surface area contributed by atoms with Crippen molar-refractivity contribution in [2.24, 2.45) is 0 Å². The lowest BCUT2D eigenvalue weighted by Gasteiger charge is -2.06. The number of aromatic carboxylic acids is 1. The van der Waals surface area contributed by atoms with Gasteiger partial charge < -0.3 is 14.4 Å². The normalized spacial score (nSPS) is 10.8. The molecule has 2 aromatic carbocycles. The molecule has 1 heterocycles. The number of rotatable bonds is 5. The SMILES string of the molecule is COc1ccc(CCn2cnc3cc(C(=O)O)ccc32)cc1. The maximum Gasteiger partial charge on any atom is 0.335 e. The summed E-state index contributed by atoms with van der Waals surface area (Å²) in [7, 11) is 1.65. The molecular weight excluding hydrogens is 280 g/mol. The van der Waals surface area contributed by atoms with Crippen molar-refractivity contribution in [3.8, 4) is 5.75 Å². The Morgan fingerprint density at radius 1 is 1.23 bits per heavy atom. The van der Waals surface area contributed by atoms with Crippen molar-refractivity contribution >= 4 is 17.0 Å². The molecule has 0 spiro atoms. The van der Waals surface area contributed by atoms with Gasteiger partial charge in [-0.2, -0.15) is 0 Å². The van der Waals surface area contributed by atoms with Crippen LogP contribution in [0.2, 0.25) is 0 Å². The van der Waals surface area contributed by atoms with E-state index in [1.165, 1.54) is 5.56 Å². The number of carboxylic acid groups (broad SMARTS) is 1. The second-order valence-electron chi connectivity index (χ2n) is 5.04. The lowest BCUT2D eigenvalue weighted by Crippen LogP contribution is -2.00. The molecule has 0 unspecified atom stereocenters. The number of benzene rings is 2. The van der Waals surface area contributed by atoms with Crippen molar-refractivity contribution in [3.05, 3.63) is 59.9 Å². The molecule has 0 aliphatic heterocycles. The molecule has 0 aliphatic rings. The van der Waals surface area contributed by atoms with Crippen LogP contribution >= 0.6 is 0 Å². The van der Waals surface area contributed by atoms with Crippen molar-refractivity contribution in [1.82, 2.24) is 9.55 Å². The third kappa shape index (κ3) is 2.79. The lowest BCUT2D eigenvalue weighted by molar-refractivity contribution is 0.0697. The molecule has 3 aromatic rings. The molecule has 0 amide bonds. The van der Waals surface area contributed by atoms with Crippen LogP contribution in [0.5, 0.6) is 5.75 Å². The summed E-state index contributed by atoms with van der Waals surface area (Å²) in [5, 5.41) is 9.00. The van der Waals surface area contributed by atoms with Crippen LogP contribution in [0.3, 0.4) is 0 Å². The highest BCUT2D eigenvalue weighted by Gasteiger charge is 2.07. The minimum atomic E-state index is -0.935. The van der Waals surface area contributed by atoms with Crippen LogP contribution in [0, 0.1) is 0 Å². The van der Waals surface area contributed by atoms with Gasteiger partial charge in [-0.15, -0.1) is 0 Å². The zero-order chi connectivity index (χ0) is 15.5. The predicted octanol–water partition coefficient (Wildman–Crippen LogP) is 2.99. The fourth-order valence-corrected chi connectivity index (χ4v) is 2.42. The Balaban J connectivity index is 1.77. The molecule has 0 aliphatic carbocycles. The fourth-order valence-electron chi connectivity index (χ4n) is 2.42. The van der Waals surface area contributed by atoms with Crippen molar-refractivity contribution in [3.63, 3.8) is 0 Å². The van der Waals surface area contributed by atoms with Crippen molar-refractivity contribution in [2.75, 3.05) is 7.11 Å². The quantitative estimate of drug-likeness (QED) is 0.786. The number of methoxy groups -OCH3 is 1. The largest absolute Gasteiger partial charge is 0.497 e. The number of ether oxygens (including phenoxy) is 1. The molecular formula is C17H16N2O3. The third-order valence-electron chi connectivity index (χ3n) is 3.67. The Hall–Kier alpha value is -2.82. The number of hydrogen-bond acceptors (Lipinski definition) is 3. The first-order valence-corrected chi connectivity index (χ1v) is 6.98. The molecule has 1 N–H and O–H groups in total. The van der Waals surface area contributed by atoms with E-state index in [1.807, 2.05) is 28.8 Å². The van der Waals surface area contributed by atoms with E-state index in [4.69, 9.17) is 9.84 Å². The Kier molecular flexibility index (Phi) is 3.78. The average molecular weight is 296 g/mol. The summed E-state index contributed by atoms with van der Waals surface area (Å²) in [5.74, 6) is -0.0901. The van der Waals surface area contributed by atoms with E-state index in [0.717, 1.165) is 24.2 Å². The number of imidazole rings is 1. The number of aromatic nitrogens is 2. The highest BCUT2D eigenvalue weighted by Crippen LogP contribution is 2.17. The number of aryl methyl sites for hydroxylation is 2. The van der Waals surface area contributed by atoms with Crippen LogP contribution in [-0.2, 0) is 13.0 Å². The van der Waals surface area contributed by atoms with Gasteiger partial charge in [0, 0.05) is 6.54 Å². The zero-order valence-electron chi connectivity index (χ0n) is 12.2. The van der Waals surface area contributed by atoms with Gasteiger partial charge in [-0.3, -0.25) is 0 Å². The van der Waals surface area contributed by atoms with Crippen LogP contribution in [0.25, 0.3) is 11.0 Å². The van der Waals surface area contributed by atoms with E-state index in [2.05, 4.69) is 4.98 Å². The zero-order valence-corrected chi connectivity index (χ0v) is 12.2. The molecule has 0 atom stereocenters. The van der Waals surface area contributed by atoms with E-state index in [9.17, 15) is 4.79 Å².